The molecule has 3 rings (SSSR count). The number of rotatable bonds is 1. The zero-order chi connectivity index (χ0) is 11.1. The van der Waals surface area contributed by atoms with Crippen molar-refractivity contribution in [2.75, 3.05) is 0 Å². The van der Waals surface area contributed by atoms with Crippen molar-refractivity contribution in [2.45, 2.75) is 32.1 Å². The van der Waals surface area contributed by atoms with Crippen LogP contribution in [0.3, 0.4) is 0 Å². The van der Waals surface area contributed by atoms with Crippen molar-refractivity contribution in [1.82, 2.24) is 4.98 Å². The Hall–Kier alpha value is -1.31. The van der Waals surface area contributed by atoms with Crippen molar-refractivity contribution in [3.05, 3.63) is 35.8 Å². The fourth-order valence-corrected chi connectivity index (χ4v) is 2.97. The van der Waals surface area contributed by atoms with Crippen LogP contribution in [0.5, 0.6) is 0 Å². The number of H-pyrrole nitrogens is 1. The van der Waals surface area contributed by atoms with Gasteiger partial charge in [-0.05, 0) is 36.3 Å². The van der Waals surface area contributed by atoms with Gasteiger partial charge in [0, 0.05) is 11.6 Å². The predicted molar refractivity (Wildman–Crippen MR) is 64.0 cm³/mol. The van der Waals surface area contributed by atoms with Gasteiger partial charge in [0.05, 0.1) is 5.52 Å². The molecule has 1 aliphatic rings. The average Bonchev–Trinajstić information content (AvgIpc) is 2.84. The zero-order valence-corrected chi connectivity index (χ0v) is 9.46. The van der Waals surface area contributed by atoms with Crippen LogP contribution in [0.2, 0.25) is 0 Å². The van der Waals surface area contributed by atoms with Crippen LogP contribution in [0, 0.1) is 11.7 Å². The van der Waals surface area contributed by atoms with E-state index >= 15 is 0 Å². The molecule has 0 bridgehead atoms. The first-order valence-corrected chi connectivity index (χ1v) is 6.01. The van der Waals surface area contributed by atoms with Gasteiger partial charge in [-0.15, -0.1) is 0 Å². The molecule has 2 atom stereocenters. The zero-order valence-electron chi connectivity index (χ0n) is 9.46. The molecule has 0 aliphatic heterocycles. The SMILES string of the molecule is CC1CCC(c2c[nH]c3c(F)cccc23)C1. The molecule has 2 aromatic rings. The maximum Gasteiger partial charge on any atom is 0.147 e. The van der Waals surface area contributed by atoms with Crippen molar-refractivity contribution in [3.8, 4) is 0 Å². The highest BCUT2D eigenvalue weighted by atomic mass is 19.1. The molecule has 1 aromatic heterocycles. The van der Waals surface area contributed by atoms with Crippen LogP contribution in [0.4, 0.5) is 4.39 Å². The lowest BCUT2D eigenvalue weighted by atomic mass is 9.96. The summed E-state index contributed by atoms with van der Waals surface area (Å²) in [6, 6.07) is 5.33. The lowest BCUT2D eigenvalue weighted by Gasteiger charge is -2.07. The Bertz CT molecular complexity index is 514. The number of hydrogen-bond acceptors (Lipinski definition) is 0. The number of benzene rings is 1. The minimum atomic E-state index is -0.144. The Morgan fingerprint density at radius 2 is 2.19 bits per heavy atom. The molecule has 0 spiro atoms. The molecule has 0 saturated heterocycles. The van der Waals surface area contributed by atoms with Crippen LogP contribution in [0.15, 0.2) is 24.4 Å². The largest absolute Gasteiger partial charge is 0.359 e. The van der Waals surface area contributed by atoms with E-state index in [0.29, 0.717) is 11.4 Å². The van der Waals surface area contributed by atoms with E-state index in [1.54, 1.807) is 6.07 Å². The second-order valence-corrected chi connectivity index (χ2v) is 5.02. The molecule has 2 heteroatoms. The standard InChI is InChI=1S/C14H16FN/c1-9-5-6-10(7-9)12-8-16-14-11(12)3-2-4-13(14)15/h2-4,8-10,16H,5-7H2,1H3. The van der Waals surface area contributed by atoms with Gasteiger partial charge in [0.15, 0.2) is 0 Å². The maximum atomic E-state index is 13.5. The van der Waals surface area contributed by atoms with E-state index in [4.69, 9.17) is 0 Å². The van der Waals surface area contributed by atoms with Gasteiger partial charge in [0.2, 0.25) is 0 Å². The summed E-state index contributed by atoms with van der Waals surface area (Å²) >= 11 is 0. The summed E-state index contributed by atoms with van der Waals surface area (Å²) in [6.07, 6.45) is 5.78. The lowest BCUT2D eigenvalue weighted by molar-refractivity contribution is 0.597. The first-order chi connectivity index (χ1) is 7.75. The number of hydrogen-bond donors (Lipinski definition) is 1. The highest BCUT2D eigenvalue weighted by Crippen LogP contribution is 2.40. The van der Waals surface area contributed by atoms with Crippen molar-refractivity contribution in [2.24, 2.45) is 5.92 Å². The molecule has 1 saturated carbocycles. The minimum Gasteiger partial charge on any atom is -0.359 e. The van der Waals surface area contributed by atoms with Gasteiger partial charge >= 0.3 is 0 Å². The molecule has 1 aliphatic carbocycles. The van der Waals surface area contributed by atoms with Gasteiger partial charge in [0.1, 0.15) is 5.82 Å². The summed E-state index contributed by atoms with van der Waals surface area (Å²) in [7, 11) is 0. The van der Waals surface area contributed by atoms with E-state index in [-0.39, 0.29) is 5.82 Å². The van der Waals surface area contributed by atoms with E-state index in [2.05, 4.69) is 11.9 Å². The predicted octanol–water partition coefficient (Wildman–Crippen LogP) is 4.21. The molecular weight excluding hydrogens is 201 g/mol. The fourth-order valence-electron chi connectivity index (χ4n) is 2.97. The number of aromatic nitrogens is 1. The van der Waals surface area contributed by atoms with E-state index < -0.39 is 0 Å². The summed E-state index contributed by atoms with van der Waals surface area (Å²) < 4.78 is 13.5. The van der Waals surface area contributed by atoms with Crippen LogP contribution in [0.1, 0.15) is 37.7 Å². The number of aromatic amines is 1. The second-order valence-electron chi connectivity index (χ2n) is 5.02. The van der Waals surface area contributed by atoms with E-state index in [0.717, 1.165) is 11.3 Å². The quantitative estimate of drug-likeness (QED) is 0.736. The van der Waals surface area contributed by atoms with E-state index in [1.807, 2.05) is 12.3 Å². The van der Waals surface area contributed by atoms with Crippen LogP contribution in [-0.2, 0) is 0 Å². The second kappa shape index (κ2) is 3.62. The van der Waals surface area contributed by atoms with Gasteiger partial charge in [-0.2, -0.15) is 0 Å². The van der Waals surface area contributed by atoms with Gasteiger partial charge < -0.3 is 4.98 Å². The number of fused-ring (bicyclic) bond motifs is 1. The smallest absolute Gasteiger partial charge is 0.147 e. The molecule has 84 valence electrons. The molecule has 1 fully saturated rings. The average molecular weight is 217 g/mol. The van der Waals surface area contributed by atoms with Crippen LogP contribution >= 0.6 is 0 Å². The van der Waals surface area contributed by atoms with E-state index in [1.165, 1.54) is 30.9 Å². The Morgan fingerprint density at radius 1 is 1.31 bits per heavy atom. The maximum absolute atomic E-state index is 13.5. The van der Waals surface area contributed by atoms with E-state index in [9.17, 15) is 4.39 Å². The van der Waals surface area contributed by atoms with Crippen LogP contribution in [-0.4, -0.2) is 4.98 Å². The molecule has 1 aromatic carbocycles. The summed E-state index contributed by atoms with van der Waals surface area (Å²) in [5.41, 5.74) is 1.97. The topological polar surface area (TPSA) is 15.8 Å². The number of para-hydroxylation sites is 1. The third-order valence-electron chi connectivity index (χ3n) is 3.83. The molecule has 0 amide bonds. The minimum absolute atomic E-state index is 0.144. The third kappa shape index (κ3) is 1.44. The molecule has 2 unspecified atom stereocenters. The molecule has 1 nitrogen and oxygen atoms in total. The molecule has 1 heterocycles. The molecular formula is C14H16FN. The van der Waals surface area contributed by atoms with Crippen molar-refractivity contribution >= 4 is 10.9 Å². The highest BCUT2D eigenvalue weighted by molar-refractivity contribution is 5.84. The normalized spacial score (nSPS) is 25.4. The fraction of sp³-hybridized carbons (Fsp3) is 0.429. The molecule has 1 N–H and O–H groups in total. The first-order valence-electron chi connectivity index (χ1n) is 6.01. The van der Waals surface area contributed by atoms with Gasteiger partial charge in [0.25, 0.3) is 0 Å². The van der Waals surface area contributed by atoms with Crippen LogP contribution < -0.4 is 0 Å². The summed E-state index contributed by atoms with van der Waals surface area (Å²) in [5.74, 6) is 1.28. The lowest BCUT2D eigenvalue weighted by Crippen LogP contribution is -1.91. The molecule has 16 heavy (non-hydrogen) atoms. The Labute approximate surface area is 94.7 Å². The summed E-state index contributed by atoms with van der Waals surface area (Å²) in [5, 5.41) is 1.07. The monoisotopic (exact) mass is 217 g/mol. The van der Waals surface area contributed by atoms with Crippen molar-refractivity contribution < 1.29 is 4.39 Å². The number of halogens is 1. The third-order valence-corrected chi connectivity index (χ3v) is 3.83. The number of nitrogens with one attached hydrogen (secondary N) is 1. The highest BCUT2D eigenvalue weighted by Gasteiger charge is 2.25. The van der Waals surface area contributed by atoms with Crippen molar-refractivity contribution in [1.29, 1.82) is 0 Å². The summed E-state index contributed by atoms with van der Waals surface area (Å²) in [4.78, 5) is 3.07. The first kappa shape index (κ1) is 9.88. The molecule has 0 radical (unpaired) electrons. The summed E-state index contributed by atoms with van der Waals surface area (Å²) in [6.45, 7) is 2.30. The van der Waals surface area contributed by atoms with Crippen molar-refractivity contribution in [3.63, 3.8) is 0 Å². The Morgan fingerprint density at radius 3 is 2.94 bits per heavy atom. The Kier molecular flexibility index (Phi) is 2.23. The van der Waals surface area contributed by atoms with Gasteiger partial charge in [-0.3, -0.25) is 0 Å². The van der Waals surface area contributed by atoms with Gasteiger partial charge in [-0.25, -0.2) is 4.39 Å². The van der Waals surface area contributed by atoms with Crippen LogP contribution in [0.25, 0.3) is 10.9 Å². The van der Waals surface area contributed by atoms with Gasteiger partial charge in [-0.1, -0.05) is 25.5 Å². The Balaban J connectivity index is 2.08.